The quantitative estimate of drug-likeness (QED) is 0.246. The molecule has 176 valence electrons. The predicted molar refractivity (Wildman–Crippen MR) is 139 cm³/mol. The summed E-state index contributed by atoms with van der Waals surface area (Å²) in [4.78, 5) is 0. The van der Waals surface area contributed by atoms with Gasteiger partial charge in [0.25, 0.3) is 0 Å². The van der Waals surface area contributed by atoms with Gasteiger partial charge in [0.1, 0.15) is 0 Å². The number of rotatable bonds is 15. The van der Waals surface area contributed by atoms with Crippen molar-refractivity contribution in [1.82, 2.24) is 13.4 Å². The van der Waals surface area contributed by atoms with Crippen LogP contribution in [0.15, 0.2) is 0 Å². The molecule has 0 rings (SSSR count). The lowest BCUT2D eigenvalue weighted by molar-refractivity contribution is 0.323. The molecule has 0 aliphatic rings. The molecule has 0 fully saturated rings. The van der Waals surface area contributed by atoms with E-state index in [2.05, 4.69) is 103 Å². The van der Waals surface area contributed by atoms with E-state index < -0.39 is 16.8 Å². The third-order valence-electron chi connectivity index (χ3n) is 7.54. The van der Waals surface area contributed by atoms with Crippen LogP contribution in [0.1, 0.15) is 103 Å². The Kier molecular flexibility index (Phi) is 13.1. The minimum atomic E-state index is -1.92. The van der Waals surface area contributed by atoms with Gasteiger partial charge in [-0.15, -0.1) is 0 Å². The molecule has 0 aromatic heterocycles. The van der Waals surface area contributed by atoms with E-state index >= 15 is 0 Å². The number of hydrogen-bond donors (Lipinski definition) is 0. The van der Waals surface area contributed by atoms with Gasteiger partial charge in [-0.1, -0.05) is 96.4 Å². The first kappa shape index (κ1) is 29.3. The predicted octanol–water partition coefficient (Wildman–Crippen LogP) is 7.30. The normalized spacial score (nSPS) is 14.1. The zero-order chi connectivity index (χ0) is 23.0. The van der Waals surface area contributed by atoms with Gasteiger partial charge in [-0.3, -0.25) is 0 Å². The molecule has 0 atom stereocenters. The Morgan fingerprint density at radius 3 is 0.966 bits per heavy atom. The molecule has 0 saturated heterocycles. The molecule has 0 radical (unpaired) electrons. The summed E-state index contributed by atoms with van der Waals surface area (Å²) in [6.07, 6.45) is 2.61. The van der Waals surface area contributed by atoms with Gasteiger partial charge in [0.15, 0.2) is 0 Å². The molecule has 3 nitrogen and oxygen atoms in total. The highest BCUT2D eigenvalue weighted by Crippen LogP contribution is 2.48. The van der Waals surface area contributed by atoms with Gasteiger partial charge in [0.2, 0.25) is 16.8 Å². The Hall–Kier alpha value is 0.314. The number of unbranched alkanes of at least 4 members (excludes halogenated alkanes) is 1. The highest BCUT2D eigenvalue weighted by Gasteiger charge is 2.61. The van der Waals surface area contributed by atoms with E-state index in [1.807, 2.05) is 0 Å². The van der Waals surface area contributed by atoms with E-state index in [0.29, 0.717) is 0 Å². The zero-order valence-corrected chi connectivity index (χ0v) is 24.6. The van der Waals surface area contributed by atoms with E-state index in [4.69, 9.17) is 0 Å². The Labute approximate surface area is 187 Å². The lowest BCUT2D eigenvalue weighted by Gasteiger charge is -2.64. The summed E-state index contributed by atoms with van der Waals surface area (Å²) in [5.41, 5.74) is 2.89. The first-order valence-corrected chi connectivity index (χ1v) is 16.9. The molecule has 0 saturated carbocycles. The summed E-state index contributed by atoms with van der Waals surface area (Å²) < 4.78 is 9.19. The van der Waals surface area contributed by atoms with Gasteiger partial charge in [0, 0.05) is 0 Å². The monoisotopic (exact) mass is 443 g/mol. The lowest BCUT2D eigenvalue weighted by Crippen LogP contribution is -2.82. The van der Waals surface area contributed by atoms with Crippen molar-refractivity contribution in [2.24, 2.45) is 0 Å². The molecular weight excluding hydrogens is 386 g/mol. The second kappa shape index (κ2) is 13.0. The van der Waals surface area contributed by atoms with Gasteiger partial charge in [-0.05, 0) is 61.3 Å². The van der Waals surface area contributed by atoms with Gasteiger partial charge >= 0.3 is 0 Å². The number of hydrogen-bond acceptors (Lipinski definition) is 3. The smallest absolute Gasteiger partial charge is 0.206 e. The molecule has 5 heteroatoms. The molecule has 0 amide bonds. The summed E-state index contributed by atoms with van der Waals surface area (Å²) >= 11 is 0. The van der Waals surface area contributed by atoms with Crippen LogP contribution >= 0.6 is 0 Å². The maximum absolute atomic E-state index is 3.29. The van der Waals surface area contributed by atoms with Gasteiger partial charge in [0.05, 0.1) is 0 Å². The van der Waals surface area contributed by atoms with Crippen molar-refractivity contribution >= 4 is 16.8 Å². The van der Waals surface area contributed by atoms with Crippen LogP contribution in [-0.2, 0) is 0 Å². The average molecular weight is 444 g/mol. The molecule has 0 aromatic carbocycles. The van der Waals surface area contributed by atoms with Crippen LogP contribution in [0.5, 0.6) is 0 Å². The minimum Gasteiger partial charge on any atom is -0.320 e. The minimum absolute atomic E-state index is 0.721. The molecule has 0 aliphatic heterocycles. The van der Waals surface area contributed by atoms with Gasteiger partial charge in [-0.25, -0.2) is 0 Å². The molecule has 0 aliphatic carbocycles. The Bertz CT molecular complexity index is 378. The molecule has 0 bridgehead atoms. The fourth-order valence-electron chi connectivity index (χ4n) is 6.80. The van der Waals surface area contributed by atoms with E-state index in [-0.39, 0.29) is 0 Å². The SMILES string of the molecule is CCCCN([Si](C(C)C)(C(C)C)N(CC)CC)[Si](C(C)C)(C(C)C)N(CC)CC. The topological polar surface area (TPSA) is 9.72 Å². The molecule has 29 heavy (non-hydrogen) atoms. The Morgan fingerprint density at radius 2 is 0.793 bits per heavy atom. The van der Waals surface area contributed by atoms with Crippen molar-refractivity contribution < 1.29 is 0 Å². The average Bonchev–Trinajstić information content (AvgIpc) is 2.64. The largest absolute Gasteiger partial charge is 0.320 e. The van der Waals surface area contributed by atoms with Crippen LogP contribution in [0.2, 0.25) is 22.2 Å². The van der Waals surface area contributed by atoms with Crippen LogP contribution < -0.4 is 0 Å². The van der Waals surface area contributed by atoms with Crippen molar-refractivity contribution in [3.8, 4) is 0 Å². The summed E-state index contributed by atoms with van der Waals surface area (Å²) in [5, 5.41) is 0. The first-order valence-electron chi connectivity index (χ1n) is 12.8. The van der Waals surface area contributed by atoms with Crippen molar-refractivity contribution in [1.29, 1.82) is 0 Å². The van der Waals surface area contributed by atoms with Crippen LogP contribution in [0.3, 0.4) is 0 Å². The van der Waals surface area contributed by atoms with E-state index in [1.165, 1.54) is 45.6 Å². The van der Waals surface area contributed by atoms with E-state index in [0.717, 1.165) is 22.2 Å². The van der Waals surface area contributed by atoms with Crippen molar-refractivity contribution in [3.05, 3.63) is 0 Å². The fraction of sp³-hybridized carbons (Fsp3) is 1.00. The third kappa shape index (κ3) is 5.39. The molecule has 0 N–H and O–H groups in total. The lowest BCUT2D eigenvalue weighted by atomic mass is 10.3. The second-order valence-electron chi connectivity index (χ2n) is 10.0. The fourth-order valence-corrected chi connectivity index (χ4v) is 24.9. The number of nitrogens with zero attached hydrogens (tertiary/aromatic N) is 3. The van der Waals surface area contributed by atoms with Crippen LogP contribution in [0.4, 0.5) is 0 Å². The summed E-state index contributed by atoms with van der Waals surface area (Å²) in [7, 11) is -3.83. The highest BCUT2D eigenvalue weighted by molar-refractivity contribution is 6.92. The zero-order valence-electron chi connectivity index (χ0n) is 22.6. The Morgan fingerprint density at radius 1 is 0.517 bits per heavy atom. The molecule has 0 aromatic rings. The molecule has 0 unspecified atom stereocenters. The van der Waals surface area contributed by atoms with E-state index in [1.54, 1.807) is 0 Å². The second-order valence-corrected chi connectivity index (χ2v) is 20.6. The summed E-state index contributed by atoms with van der Waals surface area (Å²) in [5.74, 6) is 0. The van der Waals surface area contributed by atoms with E-state index in [9.17, 15) is 0 Å². The van der Waals surface area contributed by atoms with Gasteiger partial charge < -0.3 is 13.4 Å². The molecule has 0 heterocycles. The maximum Gasteiger partial charge on any atom is 0.206 e. The third-order valence-corrected chi connectivity index (χ3v) is 22.0. The van der Waals surface area contributed by atoms with Crippen molar-refractivity contribution in [2.45, 2.75) is 125 Å². The Balaban J connectivity index is 7.26. The van der Waals surface area contributed by atoms with Gasteiger partial charge in [-0.2, -0.15) is 0 Å². The standard InChI is InChI=1S/C24H57N3Si2/c1-14-19-20-27(28(21(6)7,22(8)9)25(15-2)16-3)29(23(10)11,24(12)13)26(17-4)18-5/h21-24H,14-20H2,1-13H3. The maximum atomic E-state index is 3.29. The van der Waals surface area contributed by atoms with Crippen LogP contribution in [-0.4, -0.2) is 62.9 Å². The van der Waals surface area contributed by atoms with Crippen LogP contribution in [0, 0.1) is 0 Å². The van der Waals surface area contributed by atoms with Crippen molar-refractivity contribution in [3.63, 3.8) is 0 Å². The van der Waals surface area contributed by atoms with Crippen molar-refractivity contribution in [2.75, 3.05) is 32.7 Å². The summed E-state index contributed by atoms with van der Waals surface area (Å²) in [6.45, 7) is 38.4. The molecule has 0 spiro atoms. The first-order chi connectivity index (χ1) is 13.5. The molecular formula is C24H57N3Si2. The van der Waals surface area contributed by atoms with Crippen LogP contribution in [0.25, 0.3) is 0 Å². The highest BCUT2D eigenvalue weighted by atomic mass is 28.4. The summed E-state index contributed by atoms with van der Waals surface area (Å²) in [6, 6.07) is 0.